The van der Waals surface area contributed by atoms with E-state index in [1.165, 1.54) is 0 Å². The van der Waals surface area contributed by atoms with E-state index in [1.807, 2.05) is 35.2 Å². The predicted octanol–water partition coefficient (Wildman–Crippen LogP) is 2.04. The lowest BCUT2D eigenvalue weighted by Crippen LogP contribution is -2.46. The molecule has 1 saturated carbocycles. The van der Waals surface area contributed by atoms with E-state index in [4.69, 9.17) is 10.7 Å². The summed E-state index contributed by atoms with van der Waals surface area (Å²) < 4.78 is 0. The first kappa shape index (κ1) is 17.9. The number of aromatic nitrogens is 1. The van der Waals surface area contributed by atoms with Crippen LogP contribution in [0.3, 0.4) is 0 Å². The maximum Gasteiger partial charge on any atom is 0.254 e. The van der Waals surface area contributed by atoms with Gasteiger partial charge in [0.15, 0.2) is 0 Å². The van der Waals surface area contributed by atoms with Gasteiger partial charge in [-0.2, -0.15) is 0 Å². The normalized spacial score (nSPS) is 19.9. The lowest BCUT2D eigenvalue weighted by atomic mass is 9.95. The first-order chi connectivity index (χ1) is 13.2. The molecule has 2 aromatic rings. The number of nitrogens with two attached hydrogens (primary N) is 1. The number of nitrogens with one attached hydrogen (secondary N) is 1. The van der Waals surface area contributed by atoms with Gasteiger partial charge in [-0.25, -0.2) is 0 Å². The lowest BCUT2D eigenvalue weighted by molar-refractivity contribution is -0.126. The summed E-state index contributed by atoms with van der Waals surface area (Å²) in [4.78, 5) is 32.2. The number of piperidine rings is 1. The Bertz CT molecular complexity index is 862. The van der Waals surface area contributed by atoms with Crippen LogP contribution < -0.4 is 11.1 Å². The van der Waals surface area contributed by atoms with Gasteiger partial charge >= 0.3 is 0 Å². The Morgan fingerprint density at radius 3 is 2.81 bits per heavy atom. The summed E-state index contributed by atoms with van der Waals surface area (Å²) in [5.41, 5.74) is 8.08. The summed E-state index contributed by atoms with van der Waals surface area (Å²) in [6.45, 7) is 2.05. The lowest BCUT2D eigenvalue weighted by Gasteiger charge is -2.32. The summed E-state index contributed by atoms with van der Waals surface area (Å²) in [7, 11) is 0. The van der Waals surface area contributed by atoms with Gasteiger partial charge in [0, 0.05) is 43.2 Å². The van der Waals surface area contributed by atoms with Crippen LogP contribution >= 0.6 is 0 Å². The van der Waals surface area contributed by atoms with Gasteiger partial charge in [0.25, 0.3) is 5.91 Å². The van der Waals surface area contributed by atoms with Gasteiger partial charge in [-0.15, -0.1) is 0 Å². The van der Waals surface area contributed by atoms with Gasteiger partial charge in [0.05, 0.1) is 17.0 Å². The largest absolute Gasteiger partial charge is 0.355 e. The molecule has 1 aromatic carbocycles. The zero-order chi connectivity index (χ0) is 18.8. The number of fused-ring (bicyclic) bond motifs is 1. The Kier molecular flexibility index (Phi) is 5.07. The van der Waals surface area contributed by atoms with Crippen molar-refractivity contribution < 1.29 is 9.59 Å². The predicted molar refractivity (Wildman–Crippen MR) is 104 cm³/mol. The van der Waals surface area contributed by atoms with Crippen LogP contribution in [0.25, 0.3) is 10.9 Å². The molecule has 4 rings (SSSR count). The smallest absolute Gasteiger partial charge is 0.254 e. The topological polar surface area (TPSA) is 88.3 Å². The van der Waals surface area contributed by atoms with Crippen LogP contribution in [0.2, 0.25) is 0 Å². The molecule has 6 heteroatoms. The molecule has 1 unspecified atom stereocenters. The van der Waals surface area contributed by atoms with E-state index >= 15 is 0 Å². The molecule has 27 heavy (non-hydrogen) atoms. The highest BCUT2D eigenvalue weighted by atomic mass is 16.2. The summed E-state index contributed by atoms with van der Waals surface area (Å²) >= 11 is 0. The van der Waals surface area contributed by atoms with Crippen molar-refractivity contribution in [2.75, 3.05) is 26.2 Å². The molecule has 2 aliphatic rings. The molecule has 6 nitrogen and oxygen atoms in total. The number of amides is 2. The van der Waals surface area contributed by atoms with Gasteiger partial charge in [0.1, 0.15) is 0 Å². The zero-order valence-electron chi connectivity index (χ0n) is 15.5. The van der Waals surface area contributed by atoms with Crippen LogP contribution in [-0.4, -0.2) is 47.9 Å². The number of pyridine rings is 1. The van der Waals surface area contributed by atoms with Crippen LogP contribution in [0.5, 0.6) is 0 Å². The number of rotatable bonds is 5. The number of carbonyl (C=O) groups excluding carboxylic acids is 2. The van der Waals surface area contributed by atoms with Gasteiger partial charge < -0.3 is 16.0 Å². The fourth-order valence-electron chi connectivity index (χ4n) is 3.85. The molecular formula is C21H26N4O2. The van der Waals surface area contributed by atoms with Gasteiger partial charge in [-0.3, -0.25) is 14.6 Å². The third-order valence-electron chi connectivity index (χ3n) is 5.48. The number of benzene rings is 1. The standard InChI is InChI=1S/C21H26N4O2/c22-9-10-23-20(26)15-4-3-11-25(13-15)21(27)17-12-19(14-7-8-14)24-18-6-2-1-5-16(17)18/h1-2,5-6,12,14-15H,3-4,7-11,13,22H2,(H,23,26). The van der Waals surface area contributed by atoms with Crippen molar-refractivity contribution in [1.82, 2.24) is 15.2 Å². The van der Waals surface area contributed by atoms with Crippen LogP contribution in [0.4, 0.5) is 0 Å². The van der Waals surface area contributed by atoms with E-state index in [0.717, 1.165) is 42.3 Å². The quantitative estimate of drug-likeness (QED) is 0.848. The highest BCUT2D eigenvalue weighted by Gasteiger charge is 2.31. The van der Waals surface area contributed by atoms with Crippen LogP contribution in [0.15, 0.2) is 30.3 Å². The summed E-state index contributed by atoms with van der Waals surface area (Å²) in [5.74, 6) is 0.325. The monoisotopic (exact) mass is 366 g/mol. The summed E-state index contributed by atoms with van der Waals surface area (Å²) in [5, 5.41) is 3.74. The van der Waals surface area contributed by atoms with Gasteiger partial charge in [-0.1, -0.05) is 18.2 Å². The molecule has 3 N–H and O–H groups in total. The van der Waals surface area contributed by atoms with Crippen LogP contribution in [-0.2, 0) is 4.79 Å². The Balaban J connectivity index is 1.59. The minimum atomic E-state index is -0.162. The van der Waals surface area contributed by atoms with Crippen molar-refractivity contribution in [2.45, 2.75) is 31.6 Å². The molecule has 2 heterocycles. The van der Waals surface area contributed by atoms with E-state index in [1.54, 1.807) is 0 Å². The third kappa shape index (κ3) is 3.81. The average Bonchev–Trinajstić information content (AvgIpc) is 3.56. The Morgan fingerprint density at radius 2 is 2.04 bits per heavy atom. The van der Waals surface area contributed by atoms with E-state index in [0.29, 0.717) is 37.7 Å². The van der Waals surface area contributed by atoms with Crippen molar-refractivity contribution in [1.29, 1.82) is 0 Å². The molecule has 0 radical (unpaired) electrons. The molecule has 1 aliphatic carbocycles. The number of para-hydroxylation sites is 1. The molecule has 0 spiro atoms. The minimum Gasteiger partial charge on any atom is -0.355 e. The highest BCUT2D eigenvalue weighted by molar-refractivity contribution is 6.06. The first-order valence-electron chi connectivity index (χ1n) is 9.84. The maximum absolute atomic E-state index is 13.3. The average molecular weight is 366 g/mol. The number of carbonyl (C=O) groups is 2. The number of hydrogen-bond acceptors (Lipinski definition) is 4. The second-order valence-corrected chi connectivity index (χ2v) is 7.56. The van der Waals surface area contributed by atoms with Gasteiger partial charge in [0.2, 0.25) is 5.91 Å². The first-order valence-corrected chi connectivity index (χ1v) is 9.84. The molecular weight excluding hydrogens is 340 g/mol. The fraction of sp³-hybridized carbons (Fsp3) is 0.476. The highest BCUT2D eigenvalue weighted by Crippen LogP contribution is 2.40. The molecule has 142 valence electrons. The molecule has 2 amide bonds. The Hall–Kier alpha value is -2.47. The van der Waals surface area contributed by atoms with Crippen molar-refractivity contribution in [3.8, 4) is 0 Å². The minimum absolute atomic E-state index is 0.00351. The number of nitrogens with zero attached hydrogens (tertiary/aromatic N) is 2. The molecule has 2 fully saturated rings. The molecule has 0 bridgehead atoms. The van der Waals surface area contributed by atoms with Crippen LogP contribution in [0.1, 0.15) is 47.7 Å². The third-order valence-corrected chi connectivity index (χ3v) is 5.48. The van der Waals surface area contributed by atoms with E-state index < -0.39 is 0 Å². The Morgan fingerprint density at radius 1 is 1.22 bits per heavy atom. The molecule has 1 saturated heterocycles. The molecule has 1 aromatic heterocycles. The molecule has 1 atom stereocenters. The van der Waals surface area contributed by atoms with E-state index in [2.05, 4.69) is 5.32 Å². The number of hydrogen-bond donors (Lipinski definition) is 2. The van der Waals surface area contributed by atoms with E-state index in [-0.39, 0.29) is 17.7 Å². The zero-order valence-corrected chi connectivity index (χ0v) is 15.5. The van der Waals surface area contributed by atoms with Crippen molar-refractivity contribution in [3.63, 3.8) is 0 Å². The van der Waals surface area contributed by atoms with Crippen molar-refractivity contribution >= 4 is 22.7 Å². The fourth-order valence-corrected chi connectivity index (χ4v) is 3.85. The summed E-state index contributed by atoms with van der Waals surface area (Å²) in [6, 6.07) is 9.80. The number of likely N-dealkylation sites (tertiary alicyclic amines) is 1. The van der Waals surface area contributed by atoms with Crippen LogP contribution in [0, 0.1) is 5.92 Å². The van der Waals surface area contributed by atoms with Crippen molar-refractivity contribution in [3.05, 3.63) is 41.6 Å². The molecule has 1 aliphatic heterocycles. The van der Waals surface area contributed by atoms with E-state index in [9.17, 15) is 9.59 Å². The van der Waals surface area contributed by atoms with Gasteiger partial charge in [-0.05, 0) is 37.8 Å². The Labute approximate surface area is 159 Å². The SMILES string of the molecule is NCCNC(=O)C1CCCN(C(=O)c2cc(C3CC3)nc3ccccc23)C1. The summed E-state index contributed by atoms with van der Waals surface area (Å²) in [6.07, 6.45) is 3.94. The maximum atomic E-state index is 13.3. The second-order valence-electron chi connectivity index (χ2n) is 7.56. The van der Waals surface area contributed by atoms with Crippen molar-refractivity contribution in [2.24, 2.45) is 11.7 Å². The second kappa shape index (κ2) is 7.64.